The van der Waals surface area contributed by atoms with Crippen LogP contribution >= 0.6 is 0 Å². The van der Waals surface area contributed by atoms with Crippen LogP contribution in [0.4, 0.5) is 14.5 Å². The summed E-state index contributed by atoms with van der Waals surface area (Å²) in [5, 5.41) is 7.13. The van der Waals surface area contributed by atoms with E-state index < -0.39 is 29.4 Å². The fraction of sp³-hybridized carbons (Fsp3) is 0.286. The van der Waals surface area contributed by atoms with Gasteiger partial charge in [-0.3, -0.25) is 14.4 Å². The van der Waals surface area contributed by atoms with E-state index in [9.17, 15) is 23.2 Å². The molecule has 0 aliphatic heterocycles. The predicted molar refractivity (Wildman–Crippen MR) is 105 cm³/mol. The highest BCUT2D eigenvalue weighted by Crippen LogP contribution is 2.22. The van der Waals surface area contributed by atoms with Gasteiger partial charge < -0.3 is 16.0 Å². The molecular formula is C21H23F2N3O3. The molecule has 0 spiro atoms. The van der Waals surface area contributed by atoms with E-state index in [-0.39, 0.29) is 24.2 Å². The molecule has 0 aliphatic rings. The second-order valence-electron chi connectivity index (χ2n) is 7.46. The summed E-state index contributed by atoms with van der Waals surface area (Å²) in [6, 6.07) is 10.00. The van der Waals surface area contributed by atoms with Crippen molar-refractivity contribution in [1.29, 1.82) is 0 Å². The standard InChI is InChI=1S/C21H23F2N3O3/c1-21(2,3)14-6-4-13(5-7-14)20(29)25-11-18(27)24-12-19(28)26-15-8-9-16(22)17(23)10-15/h4-10H,11-12H2,1-3H3,(H,24,27)(H,25,29)(H,26,28). The molecule has 0 aliphatic carbocycles. The van der Waals surface area contributed by atoms with Crippen LogP contribution in [0.5, 0.6) is 0 Å². The molecule has 0 aromatic heterocycles. The van der Waals surface area contributed by atoms with E-state index in [1.165, 1.54) is 6.07 Å². The molecule has 3 amide bonds. The molecule has 6 nitrogen and oxygen atoms in total. The number of benzene rings is 2. The smallest absolute Gasteiger partial charge is 0.251 e. The molecule has 0 unspecified atom stereocenters. The van der Waals surface area contributed by atoms with Crippen molar-refractivity contribution in [3.05, 3.63) is 65.2 Å². The molecule has 8 heteroatoms. The van der Waals surface area contributed by atoms with Gasteiger partial charge in [0.2, 0.25) is 11.8 Å². The molecule has 154 valence electrons. The first-order valence-corrected chi connectivity index (χ1v) is 8.96. The lowest BCUT2D eigenvalue weighted by atomic mass is 9.87. The Morgan fingerprint density at radius 1 is 0.828 bits per heavy atom. The fourth-order valence-electron chi connectivity index (χ4n) is 2.40. The highest BCUT2D eigenvalue weighted by atomic mass is 19.2. The number of hydrogen-bond acceptors (Lipinski definition) is 3. The summed E-state index contributed by atoms with van der Waals surface area (Å²) in [5.74, 6) is -3.71. The topological polar surface area (TPSA) is 87.3 Å². The minimum Gasteiger partial charge on any atom is -0.345 e. The monoisotopic (exact) mass is 403 g/mol. The molecule has 29 heavy (non-hydrogen) atoms. The zero-order valence-corrected chi connectivity index (χ0v) is 16.4. The Morgan fingerprint density at radius 3 is 2.03 bits per heavy atom. The van der Waals surface area contributed by atoms with Gasteiger partial charge in [0.05, 0.1) is 13.1 Å². The summed E-state index contributed by atoms with van der Waals surface area (Å²) < 4.78 is 26.0. The van der Waals surface area contributed by atoms with Crippen LogP contribution in [0.1, 0.15) is 36.7 Å². The lowest BCUT2D eigenvalue weighted by Crippen LogP contribution is -2.40. The third-order valence-corrected chi connectivity index (χ3v) is 4.07. The second-order valence-corrected chi connectivity index (χ2v) is 7.46. The number of hydrogen-bond donors (Lipinski definition) is 3. The Morgan fingerprint density at radius 2 is 1.45 bits per heavy atom. The normalized spacial score (nSPS) is 10.9. The minimum atomic E-state index is -1.09. The van der Waals surface area contributed by atoms with Crippen molar-refractivity contribution in [1.82, 2.24) is 10.6 Å². The Kier molecular flexibility index (Phi) is 7.03. The van der Waals surface area contributed by atoms with E-state index in [0.717, 1.165) is 17.7 Å². The quantitative estimate of drug-likeness (QED) is 0.693. The fourth-order valence-corrected chi connectivity index (χ4v) is 2.40. The molecule has 0 saturated heterocycles. The van der Waals surface area contributed by atoms with E-state index in [1.807, 2.05) is 12.1 Å². The first kappa shape index (κ1) is 22.0. The van der Waals surface area contributed by atoms with E-state index in [2.05, 4.69) is 36.7 Å². The number of anilines is 1. The Bertz CT molecular complexity index is 906. The van der Waals surface area contributed by atoms with Gasteiger partial charge in [-0.05, 0) is 35.2 Å². The van der Waals surface area contributed by atoms with Crippen molar-refractivity contribution in [3.63, 3.8) is 0 Å². The SMILES string of the molecule is CC(C)(C)c1ccc(C(=O)NCC(=O)NCC(=O)Nc2ccc(F)c(F)c2)cc1. The number of carbonyl (C=O) groups is 3. The Balaban J connectivity index is 1.76. The average Bonchev–Trinajstić information content (AvgIpc) is 2.66. The molecule has 0 heterocycles. The predicted octanol–water partition coefficient (Wildman–Crippen LogP) is 2.75. The van der Waals surface area contributed by atoms with Gasteiger partial charge in [0.1, 0.15) is 0 Å². The van der Waals surface area contributed by atoms with Crippen LogP contribution in [0.2, 0.25) is 0 Å². The van der Waals surface area contributed by atoms with Crippen LogP contribution < -0.4 is 16.0 Å². The molecule has 2 rings (SSSR count). The van der Waals surface area contributed by atoms with Crippen molar-refractivity contribution in [3.8, 4) is 0 Å². The highest BCUT2D eigenvalue weighted by molar-refractivity contribution is 5.98. The lowest BCUT2D eigenvalue weighted by Gasteiger charge is -2.19. The first-order chi connectivity index (χ1) is 13.6. The van der Waals surface area contributed by atoms with E-state index in [4.69, 9.17) is 0 Å². The summed E-state index contributed by atoms with van der Waals surface area (Å²) in [7, 11) is 0. The van der Waals surface area contributed by atoms with Crippen molar-refractivity contribution < 1.29 is 23.2 Å². The third kappa shape index (κ3) is 6.67. The van der Waals surface area contributed by atoms with Gasteiger partial charge in [0.25, 0.3) is 5.91 Å². The average molecular weight is 403 g/mol. The van der Waals surface area contributed by atoms with Crippen molar-refractivity contribution >= 4 is 23.4 Å². The summed E-state index contributed by atoms with van der Waals surface area (Å²) >= 11 is 0. The molecule has 0 atom stereocenters. The molecule has 0 fully saturated rings. The highest BCUT2D eigenvalue weighted by Gasteiger charge is 2.15. The maximum Gasteiger partial charge on any atom is 0.251 e. The van der Waals surface area contributed by atoms with Crippen molar-refractivity contribution in [2.45, 2.75) is 26.2 Å². The largest absolute Gasteiger partial charge is 0.345 e. The van der Waals surface area contributed by atoms with E-state index >= 15 is 0 Å². The molecule has 0 saturated carbocycles. The molecule has 0 radical (unpaired) electrons. The first-order valence-electron chi connectivity index (χ1n) is 8.96. The summed E-state index contributed by atoms with van der Waals surface area (Å²) in [6.45, 7) is 5.51. The molecule has 0 bridgehead atoms. The van der Waals surface area contributed by atoms with Crippen LogP contribution in [0.25, 0.3) is 0 Å². The lowest BCUT2D eigenvalue weighted by molar-refractivity contribution is -0.123. The number of halogens is 2. The van der Waals surface area contributed by atoms with Gasteiger partial charge in [-0.25, -0.2) is 8.78 Å². The van der Waals surface area contributed by atoms with Crippen LogP contribution in [-0.4, -0.2) is 30.8 Å². The van der Waals surface area contributed by atoms with Gasteiger partial charge >= 0.3 is 0 Å². The number of carbonyl (C=O) groups excluding carboxylic acids is 3. The number of nitrogens with one attached hydrogen (secondary N) is 3. The van der Waals surface area contributed by atoms with Gasteiger partial charge in [-0.1, -0.05) is 32.9 Å². The van der Waals surface area contributed by atoms with Crippen LogP contribution in [0.15, 0.2) is 42.5 Å². The zero-order valence-electron chi connectivity index (χ0n) is 16.4. The van der Waals surface area contributed by atoms with Crippen molar-refractivity contribution in [2.24, 2.45) is 0 Å². The van der Waals surface area contributed by atoms with E-state index in [0.29, 0.717) is 5.56 Å². The van der Waals surface area contributed by atoms with E-state index in [1.54, 1.807) is 12.1 Å². The van der Waals surface area contributed by atoms with Gasteiger partial charge in [0.15, 0.2) is 11.6 Å². The molecule has 2 aromatic rings. The third-order valence-electron chi connectivity index (χ3n) is 4.07. The number of amides is 3. The second kappa shape index (κ2) is 9.27. The van der Waals surface area contributed by atoms with Crippen molar-refractivity contribution in [2.75, 3.05) is 18.4 Å². The van der Waals surface area contributed by atoms with Gasteiger partial charge in [-0.2, -0.15) is 0 Å². The maximum atomic E-state index is 13.1. The summed E-state index contributed by atoms with van der Waals surface area (Å²) in [4.78, 5) is 35.7. The summed E-state index contributed by atoms with van der Waals surface area (Å²) in [6.07, 6.45) is 0. The maximum absolute atomic E-state index is 13.1. The Hall–Kier alpha value is -3.29. The Labute approximate surface area is 167 Å². The molecular weight excluding hydrogens is 380 g/mol. The summed E-state index contributed by atoms with van der Waals surface area (Å²) in [5.41, 5.74) is 1.53. The minimum absolute atomic E-state index is 0.0326. The molecule has 3 N–H and O–H groups in total. The number of rotatable bonds is 6. The van der Waals surface area contributed by atoms with Crippen LogP contribution in [0, 0.1) is 11.6 Å². The zero-order chi connectivity index (χ0) is 21.6. The van der Waals surface area contributed by atoms with Gasteiger partial charge in [0, 0.05) is 17.3 Å². The van der Waals surface area contributed by atoms with Crippen LogP contribution in [0.3, 0.4) is 0 Å². The van der Waals surface area contributed by atoms with Crippen LogP contribution in [-0.2, 0) is 15.0 Å². The molecule has 2 aromatic carbocycles. The van der Waals surface area contributed by atoms with Gasteiger partial charge in [-0.15, -0.1) is 0 Å².